The number of benzene rings is 1. The number of nitrogens with zero attached hydrogens (tertiary/aromatic N) is 1. The molecule has 3 aromatic rings. The molecule has 0 amide bonds. The number of carbonyl (C=O) groups is 1. The van der Waals surface area contributed by atoms with Gasteiger partial charge in [-0.1, -0.05) is 6.07 Å². The van der Waals surface area contributed by atoms with Crippen LogP contribution in [0.5, 0.6) is 11.5 Å². The number of thiophene rings is 1. The van der Waals surface area contributed by atoms with Crippen molar-refractivity contribution in [1.82, 2.24) is 4.57 Å². The molecule has 154 valence electrons. The van der Waals surface area contributed by atoms with Gasteiger partial charge in [-0.2, -0.15) is 0 Å². The van der Waals surface area contributed by atoms with E-state index < -0.39 is 11.4 Å². The number of pyridine rings is 1. The highest BCUT2D eigenvalue weighted by molar-refractivity contribution is 7.10. The Morgan fingerprint density at radius 2 is 2.10 bits per heavy atom. The van der Waals surface area contributed by atoms with Gasteiger partial charge in [-0.05, 0) is 54.3 Å². The average molecular weight is 423 g/mol. The maximum atomic E-state index is 12.5. The lowest BCUT2D eigenvalue weighted by Crippen LogP contribution is -2.27. The van der Waals surface area contributed by atoms with Gasteiger partial charge in [0.25, 0.3) is 0 Å². The summed E-state index contributed by atoms with van der Waals surface area (Å²) in [6.07, 6.45) is 4.74. The summed E-state index contributed by atoms with van der Waals surface area (Å²) in [7, 11) is 1.57. The SMILES string of the molecule is COc1cc2c(cc1OCC1CC1)CC(c1cccs1)n1ccc(=O)c(C(=O)O)c1-2. The first-order valence-electron chi connectivity index (χ1n) is 9.92. The molecule has 1 aromatic carbocycles. The molecule has 1 atom stereocenters. The summed E-state index contributed by atoms with van der Waals surface area (Å²) in [5, 5.41) is 11.8. The number of rotatable bonds is 6. The minimum Gasteiger partial charge on any atom is -0.493 e. The van der Waals surface area contributed by atoms with Crippen LogP contribution in [0.1, 0.15) is 39.7 Å². The summed E-state index contributed by atoms with van der Waals surface area (Å²) < 4.78 is 13.5. The summed E-state index contributed by atoms with van der Waals surface area (Å²) in [4.78, 5) is 25.6. The van der Waals surface area contributed by atoms with Crippen LogP contribution < -0.4 is 14.9 Å². The maximum Gasteiger partial charge on any atom is 0.341 e. The quantitative estimate of drug-likeness (QED) is 0.642. The second-order valence-electron chi connectivity index (χ2n) is 7.77. The van der Waals surface area contributed by atoms with E-state index in [2.05, 4.69) is 0 Å². The molecule has 1 aliphatic heterocycles. The van der Waals surface area contributed by atoms with Crippen LogP contribution in [0.3, 0.4) is 0 Å². The van der Waals surface area contributed by atoms with Gasteiger partial charge in [-0.25, -0.2) is 4.79 Å². The largest absolute Gasteiger partial charge is 0.493 e. The fraction of sp³-hybridized carbons (Fsp3) is 0.304. The van der Waals surface area contributed by atoms with Crippen molar-refractivity contribution in [1.29, 1.82) is 0 Å². The molecule has 3 heterocycles. The van der Waals surface area contributed by atoms with Crippen LogP contribution in [0.15, 0.2) is 46.7 Å². The van der Waals surface area contributed by atoms with Crippen LogP contribution in [-0.2, 0) is 6.42 Å². The second kappa shape index (κ2) is 7.32. The summed E-state index contributed by atoms with van der Waals surface area (Å²) in [6, 6.07) is 9.02. The standard InChI is InChI=1S/C23H21NO5S/c1-28-18-11-15-14(10-19(18)29-12-13-4-5-13)9-16(20-3-2-8-30-20)24-7-6-17(25)21(22(15)24)23(26)27/h2-3,6-8,10-11,13,16H,4-5,9,12H2,1H3,(H,26,27). The van der Waals surface area contributed by atoms with Crippen molar-refractivity contribution < 1.29 is 19.4 Å². The third kappa shape index (κ3) is 3.19. The number of aromatic nitrogens is 1. The van der Waals surface area contributed by atoms with Gasteiger partial charge in [0.15, 0.2) is 16.9 Å². The molecule has 5 rings (SSSR count). The van der Waals surface area contributed by atoms with Crippen molar-refractivity contribution in [2.24, 2.45) is 5.92 Å². The molecule has 0 spiro atoms. The molecule has 0 bridgehead atoms. The fourth-order valence-corrected chi connectivity index (χ4v) is 4.90. The zero-order chi connectivity index (χ0) is 20.8. The Morgan fingerprint density at radius 3 is 2.77 bits per heavy atom. The number of methoxy groups -OCH3 is 1. The lowest BCUT2D eigenvalue weighted by atomic mass is 9.89. The molecular weight excluding hydrogens is 402 g/mol. The summed E-state index contributed by atoms with van der Waals surface area (Å²) in [6.45, 7) is 0.653. The van der Waals surface area contributed by atoms with Gasteiger partial charge < -0.3 is 19.1 Å². The molecule has 7 heteroatoms. The first-order chi connectivity index (χ1) is 14.6. The van der Waals surface area contributed by atoms with E-state index in [4.69, 9.17) is 9.47 Å². The highest BCUT2D eigenvalue weighted by atomic mass is 32.1. The Balaban J connectivity index is 1.72. The van der Waals surface area contributed by atoms with Crippen LogP contribution in [0.4, 0.5) is 0 Å². The van der Waals surface area contributed by atoms with Crippen molar-refractivity contribution in [2.45, 2.75) is 25.3 Å². The number of carboxylic acids is 1. The van der Waals surface area contributed by atoms with Crippen LogP contribution in [0, 0.1) is 5.92 Å². The fourth-order valence-electron chi connectivity index (χ4n) is 4.07. The molecule has 1 unspecified atom stereocenters. The first-order valence-corrected chi connectivity index (χ1v) is 10.8. The van der Waals surface area contributed by atoms with Gasteiger partial charge in [-0.15, -0.1) is 11.3 Å². The van der Waals surface area contributed by atoms with Gasteiger partial charge in [0, 0.05) is 22.7 Å². The molecule has 2 aliphatic rings. The van der Waals surface area contributed by atoms with Gasteiger partial charge in [0.1, 0.15) is 5.56 Å². The number of hydrogen-bond donors (Lipinski definition) is 1. The maximum absolute atomic E-state index is 12.5. The molecule has 2 aromatic heterocycles. The molecule has 0 radical (unpaired) electrons. The van der Waals surface area contributed by atoms with Crippen molar-refractivity contribution in [3.63, 3.8) is 0 Å². The van der Waals surface area contributed by atoms with Crippen molar-refractivity contribution in [3.05, 3.63) is 68.1 Å². The Kier molecular flexibility index (Phi) is 4.62. The molecule has 1 saturated carbocycles. The normalized spacial score (nSPS) is 17.2. The number of ether oxygens (including phenoxy) is 2. The second-order valence-corrected chi connectivity index (χ2v) is 8.75. The smallest absolute Gasteiger partial charge is 0.341 e. The molecule has 30 heavy (non-hydrogen) atoms. The zero-order valence-corrected chi connectivity index (χ0v) is 17.3. The van der Waals surface area contributed by atoms with Crippen LogP contribution in [-0.4, -0.2) is 29.4 Å². The van der Waals surface area contributed by atoms with Gasteiger partial charge in [-0.3, -0.25) is 4.79 Å². The van der Waals surface area contributed by atoms with Crippen LogP contribution in [0.25, 0.3) is 11.3 Å². The minimum atomic E-state index is -1.23. The summed E-state index contributed by atoms with van der Waals surface area (Å²) >= 11 is 1.62. The minimum absolute atomic E-state index is 0.0872. The molecular formula is C23H21NO5S. The Bertz CT molecular complexity index is 1180. The molecule has 1 N–H and O–H groups in total. The van der Waals surface area contributed by atoms with Crippen molar-refractivity contribution in [2.75, 3.05) is 13.7 Å². The zero-order valence-electron chi connectivity index (χ0n) is 16.5. The third-order valence-corrected chi connectivity index (χ3v) is 6.75. The Hall–Kier alpha value is -3.06. The number of fused-ring (bicyclic) bond motifs is 3. The summed E-state index contributed by atoms with van der Waals surface area (Å²) in [5.41, 5.74) is 1.36. The van der Waals surface area contributed by atoms with E-state index in [-0.39, 0.29) is 11.6 Å². The molecule has 1 aliphatic carbocycles. The van der Waals surface area contributed by atoms with E-state index >= 15 is 0 Å². The lowest BCUT2D eigenvalue weighted by Gasteiger charge is -2.31. The monoisotopic (exact) mass is 423 g/mol. The Labute approximate surface area is 177 Å². The predicted molar refractivity (Wildman–Crippen MR) is 114 cm³/mol. The number of hydrogen-bond acceptors (Lipinski definition) is 5. The van der Waals surface area contributed by atoms with Gasteiger partial charge >= 0.3 is 5.97 Å². The predicted octanol–water partition coefficient (Wildman–Crippen LogP) is 4.22. The average Bonchev–Trinajstić information content (AvgIpc) is 3.41. The van der Waals surface area contributed by atoms with Crippen LogP contribution >= 0.6 is 11.3 Å². The van der Waals surface area contributed by atoms with E-state index in [1.807, 2.05) is 28.1 Å². The van der Waals surface area contributed by atoms with E-state index in [0.29, 0.717) is 41.7 Å². The van der Waals surface area contributed by atoms with Gasteiger partial charge in [0.2, 0.25) is 0 Å². The Morgan fingerprint density at radius 1 is 1.27 bits per heavy atom. The van der Waals surface area contributed by atoms with E-state index in [1.165, 1.54) is 18.9 Å². The van der Waals surface area contributed by atoms with Crippen LogP contribution in [0.2, 0.25) is 0 Å². The highest BCUT2D eigenvalue weighted by Crippen LogP contribution is 2.44. The molecule has 6 nitrogen and oxygen atoms in total. The molecule has 0 saturated heterocycles. The van der Waals surface area contributed by atoms with E-state index in [9.17, 15) is 14.7 Å². The molecule has 1 fully saturated rings. The summed E-state index contributed by atoms with van der Waals surface area (Å²) in [5.74, 6) is 0.581. The van der Waals surface area contributed by atoms with E-state index in [1.54, 1.807) is 30.7 Å². The number of aromatic carboxylic acids is 1. The first kappa shape index (κ1) is 18.9. The lowest BCUT2D eigenvalue weighted by molar-refractivity contribution is 0.0695. The van der Waals surface area contributed by atoms with Crippen molar-refractivity contribution >= 4 is 17.3 Å². The van der Waals surface area contributed by atoms with Crippen molar-refractivity contribution in [3.8, 4) is 22.8 Å². The highest BCUT2D eigenvalue weighted by Gasteiger charge is 2.32. The topological polar surface area (TPSA) is 77.8 Å². The van der Waals surface area contributed by atoms with E-state index in [0.717, 1.165) is 10.4 Å². The third-order valence-electron chi connectivity index (χ3n) is 5.78. The number of carboxylic acid groups (broad SMARTS) is 1. The van der Waals surface area contributed by atoms with Gasteiger partial charge in [0.05, 0.1) is 25.5 Å².